The molecule has 0 radical (unpaired) electrons. The number of hydrogen-bond acceptors (Lipinski definition) is 1. The van der Waals surface area contributed by atoms with Gasteiger partial charge in [-0.2, -0.15) is 0 Å². The van der Waals surface area contributed by atoms with E-state index >= 15 is 0 Å². The Morgan fingerprint density at radius 1 is 0.606 bits per heavy atom. The molecule has 0 unspecified atom stereocenters. The van der Waals surface area contributed by atoms with Crippen molar-refractivity contribution < 1.29 is 0 Å². The molecule has 5 heteroatoms. The molecule has 0 aromatic heterocycles. The topological polar surface area (TPSA) is 76.8 Å². The number of nitrogens with two attached hydrogens (primary N) is 2. The normalized spacial score (nSPS) is 12.5. The fourth-order valence-corrected chi connectivity index (χ4v) is 8.31. The molecule has 0 aliphatic carbocycles. The summed E-state index contributed by atoms with van der Waals surface area (Å²) in [5.41, 5.74) is 12.5. The van der Waals surface area contributed by atoms with Crippen LogP contribution in [0.4, 0.5) is 0 Å². The molecule has 0 aliphatic heterocycles. The van der Waals surface area contributed by atoms with Crippen LogP contribution >= 0.6 is 7.26 Å². The maximum atomic E-state index is 5.84. The largest absolute Gasteiger partial charge is 0.387 e. The van der Waals surface area contributed by atoms with E-state index in [4.69, 9.17) is 11.5 Å². The van der Waals surface area contributed by atoms with Crippen LogP contribution in [0.25, 0.3) is 0 Å². The molecule has 0 fully saturated rings. The molecule has 4 rings (SSSR count). The zero-order chi connectivity index (χ0) is 23.1. The third kappa shape index (κ3) is 4.87. The molecule has 0 bridgehead atoms. The maximum absolute atomic E-state index is 5.84. The molecular formula is C28H28N4P+. The molecule has 4 N–H and O–H groups in total. The number of aliphatic imine (C=N–C) groups is 2. The first-order valence-electron chi connectivity index (χ1n) is 10.9. The van der Waals surface area contributed by atoms with Gasteiger partial charge in [-0.15, -0.1) is 0 Å². The molecule has 0 spiro atoms. The molecule has 0 aliphatic rings. The van der Waals surface area contributed by atoms with Crippen molar-refractivity contribution >= 4 is 40.3 Å². The van der Waals surface area contributed by atoms with E-state index < -0.39 is 7.26 Å². The van der Waals surface area contributed by atoms with Gasteiger partial charge in [-0.05, 0) is 61.0 Å². The molecule has 4 aromatic carbocycles. The monoisotopic (exact) mass is 451 g/mol. The zero-order valence-corrected chi connectivity index (χ0v) is 19.6. The Hall–Kier alpha value is -3.75. The Morgan fingerprint density at radius 3 is 1.39 bits per heavy atom. The summed E-state index contributed by atoms with van der Waals surface area (Å²) in [5.74, 6) is 0.591. The molecule has 4 nitrogen and oxygen atoms in total. The van der Waals surface area contributed by atoms with Crippen molar-refractivity contribution in [3.05, 3.63) is 121 Å². The molecular weight excluding hydrogens is 423 g/mol. The summed E-state index contributed by atoms with van der Waals surface area (Å²) in [6.45, 7) is 2.15. The number of rotatable bonds is 6. The van der Waals surface area contributed by atoms with Gasteiger partial charge in [0.05, 0.1) is 12.4 Å². The van der Waals surface area contributed by atoms with E-state index in [1.165, 1.54) is 21.2 Å². The summed E-state index contributed by atoms with van der Waals surface area (Å²) in [5, 5.41) is 5.27. The second kappa shape index (κ2) is 10.2. The van der Waals surface area contributed by atoms with Gasteiger partial charge in [0.2, 0.25) is 5.96 Å². The van der Waals surface area contributed by atoms with Crippen LogP contribution in [0.3, 0.4) is 0 Å². The molecule has 164 valence electrons. The van der Waals surface area contributed by atoms with E-state index in [0.717, 1.165) is 5.56 Å². The van der Waals surface area contributed by atoms with Gasteiger partial charge in [0.1, 0.15) is 28.5 Å². The quantitative estimate of drug-likeness (QED) is 0.267. The van der Waals surface area contributed by atoms with Gasteiger partial charge in [0, 0.05) is 0 Å². The highest BCUT2D eigenvalue weighted by Crippen LogP contribution is 2.54. The van der Waals surface area contributed by atoms with E-state index in [1.54, 1.807) is 6.92 Å². The van der Waals surface area contributed by atoms with E-state index in [1.807, 2.05) is 0 Å². The lowest BCUT2D eigenvalue weighted by Crippen LogP contribution is -2.38. The first-order chi connectivity index (χ1) is 16.1. The third-order valence-electron chi connectivity index (χ3n) is 5.47. The third-order valence-corrected chi connectivity index (χ3v) is 9.76. The number of amidine groups is 1. The molecule has 0 atom stereocenters. The van der Waals surface area contributed by atoms with Crippen LogP contribution < -0.4 is 32.7 Å². The van der Waals surface area contributed by atoms with Crippen molar-refractivity contribution in [3.8, 4) is 0 Å². The minimum absolute atomic E-state index is 0.193. The van der Waals surface area contributed by atoms with Crippen molar-refractivity contribution in [3.63, 3.8) is 0 Å². The zero-order valence-electron chi connectivity index (χ0n) is 18.7. The van der Waals surface area contributed by atoms with E-state index in [0.29, 0.717) is 12.4 Å². The summed E-state index contributed by atoms with van der Waals surface area (Å²) >= 11 is 0. The highest BCUT2D eigenvalue weighted by Gasteiger charge is 2.47. The smallest absolute Gasteiger partial charge is 0.217 e. The summed E-state index contributed by atoms with van der Waals surface area (Å²) in [4.78, 5) is 8.33. The summed E-state index contributed by atoms with van der Waals surface area (Å²) in [7, 11) is -2.08. The molecule has 4 aromatic rings. The van der Waals surface area contributed by atoms with Crippen LogP contribution in [0, 0.1) is 0 Å². The Bertz CT molecular complexity index is 1130. The fraction of sp³-hybridized carbons (Fsp3) is 0.0714. The standard InChI is InChI=1S/C28H28N4P/c1-22(29)32-28(30)31-21-23-17-19-27(20-18-23)33(24-11-5-2-6-12-24,25-13-7-3-8-14-25)26-15-9-4-10-16-26/h2-20H,21H2,1H3,(H4,29,30,31,32)/q+1. The first kappa shape index (κ1) is 22.4. The molecule has 0 heterocycles. The van der Waals surface area contributed by atoms with Crippen LogP contribution in [0.15, 0.2) is 125 Å². The van der Waals surface area contributed by atoms with Gasteiger partial charge in [-0.25, -0.2) is 9.98 Å². The number of nitrogens with zero attached hydrogens (tertiary/aromatic N) is 2. The highest BCUT2D eigenvalue weighted by molar-refractivity contribution is 8.01. The van der Waals surface area contributed by atoms with Gasteiger partial charge in [-0.1, -0.05) is 66.7 Å². The Morgan fingerprint density at radius 2 is 1.00 bits per heavy atom. The molecule has 0 saturated heterocycles. The summed E-state index contributed by atoms with van der Waals surface area (Å²) < 4.78 is 0. The van der Waals surface area contributed by atoms with Crippen LogP contribution in [0.2, 0.25) is 0 Å². The Kier molecular flexibility index (Phi) is 6.97. The van der Waals surface area contributed by atoms with Crippen molar-refractivity contribution in [2.24, 2.45) is 21.5 Å². The average molecular weight is 452 g/mol. The van der Waals surface area contributed by atoms with Crippen LogP contribution in [0.5, 0.6) is 0 Å². The van der Waals surface area contributed by atoms with E-state index in [-0.39, 0.29) is 5.96 Å². The molecule has 33 heavy (non-hydrogen) atoms. The van der Waals surface area contributed by atoms with Gasteiger partial charge >= 0.3 is 0 Å². The van der Waals surface area contributed by atoms with Crippen LogP contribution in [0.1, 0.15) is 12.5 Å². The van der Waals surface area contributed by atoms with E-state index in [9.17, 15) is 0 Å². The van der Waals surface area contributed by atoms with E-state index in [2.05, 4.69) is 125 Å². The predicted molar refractivity (Wildman–Crippen MR) is 144 cm³/mol. The van der Waals surface area contributed by atoms with Gasteiger partial charge < -0.3 is 11.5 Å². The van der Waals surface area contributed by atoms with Gasteiger partial charge in [0.15, 0.2) is 0 Å². The van der Waals surface area contributed by atoms with Crippen molar-refractivity contribution in [1.29, 1.82) is 0 Å². The van der Waals surface area contributed by atoms with Crippen molar-refractivity contribution in [2.45, 2.75) is 13.5 Å². The Balaban J connectivity index is 1.87. The highest BCUT2D eigenvalue weighted by atomic mass is 31.2. The molecule has 0 saturated carbocycles. The SMILES string of the molecule is CC(N)=NC(N)=NCc1ccc([P+](c2ccccc2)(c2ccccc2)c2ccccc2)cc1. The fourth-order valence-electron chi connectivity index (χ4n) is 4.06. The minimum atomic E-state index is -2.08. The van der Waals surface area contributed by atoms with Crippen LogP contribution in [-0.2, 0) is 6.54 Å². The Labute approximate surface area is 196 Å². The number of hydrogen-bond donors (Lipinski definition) is 2. The average Bonchev–Trinajstić information content (AvgIpc) is 2.86. The minimum Gasteiger partial charge on any atom is -0.387 e. The second-order valence-electron chi connectivity index (χ2n) is 7.77. The predicted octanol–water partition coefficient (Wildman–Crippen LogP) is 3.50. The van der Waals surface area contributed by atoms with Gasteiger partial charge in [-0.3, -0.25) is 0 Å². The number of guanidine groups is 1. The lowest BCUT2D eigenvalue weighted by molar-refractivity contribution is 1.05. The first-order valence-corrected chi connectivity index (χ1v) is 12.7. The van der Waals surface area contributed by atoms with Crippen molar-refractivity contribution in [2.75, 3.05) is 0 Å². The lowest BCUT2D eigenvalue weighted by Gasteiger charge is -2.27. The van der Waals surface area contributed by atoms with Crippen molar-refractivity contribution in [1.82, 2.24) is 0 Å². The molecule has 0 amide bonds. The van der Waals surface area contributed by atoms with Crippen LogP contribution in [-0.4, -0.2) is 11.8 Å². The maximum Gasteiger partial charge on any atom is 0.217 e. The van der Waals surface area contributed by atoms with Gasteiger partial charge in [0.25, 0.3) is 0 Å². The lowest BCUT2D eigenvalue weighted by atomic mass is 10.2. The second-order valence-corrected chi connectivity index (χ2v) is 11.2. The number of benzene rings is 4. The summed E-state index contributed by atoms with van der Waals surface area (Å²) in [6.07, 6.45) is 0. The summed E-state index contributed by atoms with van der Waals surface area (Å²) in [6, 6.07) is 41.2.